The van der Waals surface area contributed by atoms with Gasteiger partial charge in [-0.15, -0.1) is 0 Å². The van der Waals surface area contributed by atoms with Crippen LogP contribution in [0.3, 0.4) is 0 Å². The van der Waals surface area contributed by atoms with Crippen LogP contribution in [0, 0.1) is 34.2 Å². The first-order chi connectivity index (χ1) is 23.7. The zero-order chi connectivity index (χ0) is 34.7. The van der Waals surface area contributed by atoms with E-state index >= 15 is 4.39 Å². The smallest absolute Gasteiger partial charge is 0.264 e. The highest BCUT2D eigenvalue weighted by Crippen LogP contribution is 2.42. The van der Waals surface area contributed by atoms with E-state index in [0.29, 0.717) is 30.4 Å². The van der Waals surface area contributed by atoms with Gasteiger partial charge >= 0.3 is 0 Å². The molecule has 1 amide bonds. The molecule has 2 fully saturated rings. The molecule has 0 spiro atoms. The Kier molecular flexibility index (Phi) is 9.87. The molecule has 2 aromatic carbocycles. The van der Waals surface area contributed by atoms with Gasteiger partial charge in [-0.05, 0) is 63.0 Å². The Morgan fingerprint density at radius 3 is 2.61 bits per heavy atom. The molecule has 13 heteroatoms. The molecule has 0 bridgehead atoms. The standard InChI is InChI=1S/C36H39F3N8O2/c1-3-45(4-2)21-36(14-5-6-15-36)18-23(19-40)35(48)46-16-8-9-24(20-46)47-34-30(33(41)42-22-43-34)32(44-47)26-13-12-25(17-28(26)38)49-29-11-7-10-27(37)31(29)39/h7,10-13,17-18,22,24H,3-6,8-9,14-16,20-21H2,1-2H3,(H2,41,42,43)/b23-18-/t24-/m0/s1. The maximum atomic E-state index is 15.7. The van der Waals surface area contributed by atoms with Crippen LogP contribution in [0.1, 0.15) is 58.4 Å². The number of nitriles is 1. The minimum absolute atomic E-state index is 0.0435. The third-order valence-corrected chi connectivity index (χ3v) is 9.72. The van der Waals surface area contributed by atoms with Gasteiger partial charge in [0.2, 0.25) is 5.82 Å². The lowest BCUT2D eigenvalue weighted by molar-refractivity contribution is -0.128. The highest BCUT2D eigenvalue weighted by molar-refractivity contribution is 5.99. The number of ether oxygens (including phenoxy) is 1. The lowest BCUT2D eigenvalue weighted by atomic mass is 9.83. The van der Waals surface area contributed by atoms with Crippen molar-refractivity contribution in [3.05, 3.63) is 71.8 Å². The Morgan fingerprint density at radius 2 is 1.90 bits per heavy atom. The Morgan fingerprint density at radius 1 is 1.12 bits per heavy atom. The Hall–Kier alpha value is -4.96. The van der Waals surface area contributed by atoms with E-state index in [-0.39, 0.29) is 58.1 Å². The number of fused-ring (bicyclic) bond motifs is 1. The summed E-state index contributed by atoms with van der Waals surface area (Å²) in [4.78, 5) is 26.5. The molecule has 49 heavy (non-hydrogen) atoms. The van der Waals surface area contributed by atoms with Crippen LogP contribution in [0.15, 0.2) is 54.4 Å². The van der Waals surface area contributed by atoms with Crippen LogP contribution < -0.4 is 10.5 Å². The molecule has 1 aliphatic carbocycles. The van der Waals surface area contributed by atoms with E-state index in [1.165, 1.54) is 30.6 Å². The minimum Gasteiger partial charge on any atom is -0.454 e. The van der Waals surface area contributed by atoms with Gasteiger partial charge in [-0.3, -0.25) is 4.79 Å². The molecule has 1 atom stereocenters. The van der Waals surface area contributed by atoms with Crippen LogP contribution in [0.4, 0.5) is 19.0 Å². The Labute approximate surface area is 283 Å². The van der Waals surface area contributed by atoms with Crippen molar-refractivity contribution in [2.45, 2.75) is 58.4 Å². The maximum absolute atomic E-state index is 15.7. The quantitative estimate of drug-likeness (QED) is 0.144. The largest absolute Gasteiger partial charge is 0.454 e. The molecule has 1 saturated carbocycles. The van der Waals surface area contributed by atoms with E-state index < -0.39 is 17.5 Å². The third kappa shape index (κ3) is 6.83. The number of anilines is 1. The average molecular weight is 673 g/mol. The predicted molar refractivity (Wildman–Crippen MR) is 179 cm³/mol. The van der Waals surface area contributed by atoms with Crippen molar-refractivity contribution < 1.29 is 22.7 Å². The normalized spacial score (nSPS) is 17.9. The number of hydrogen-bond acceptors (Lipinski definition) is 8. The summed E-state index contributed by atoms with van der Waals surface area (Å²) in [6.07, 6.45) is 8.58. The van der Waals surface area contributed by atoms with E-state index in [4.69, 9.17) is 15.6 Å². The van der Waals surface area contributed by atoms with Crippen molar-refractivity contribution >= 4 is 22.8 Å². The molecule has 6 rings (SSSR count). The van der Waals surface area contributed by atoms with Gasteiger partial charge in [0.25, 0.3) is 5.91 Å². The fourth-order valence-electron chi connectivity index (χ4n) is 7.16. The fraction of sp³-hybridized carbons (Fsp3) is 0.417. The van der Waals surface area contributed by atoms with Crippen molar-refractivity contribution in [1.29, 1.82) is 5.26 Å². The predicted octanol–water partition coefficient (Wildman–Crippen LogP) is 6.80. The van der Waals surface area contributed by atoms with E-state index in [1.54, 1.807) is 9.58 Å². The first kappa shape index (κ1) is 33.9. The van der Waals surface area contributed by atoms with E-state index in [9.17, 15) is 18.8 Å². The van der Waals surface area contributed by atoms with Crippen molar-refractivity contribution in [1.82, 2.24) is 29.5 Å². The van der Waals surface area contributed by atoms with E-state index in [1.807, 2.05) is 6.08 Å². The second kappa shape index (κ2) is 14.3. The van der Waals surface area contributed by atoms with Crippen molar-refractivity contribution in [2.75, 3.05) is 38.5 Å². The first-order valence-electron chi connectivity index (χ1n) is 16.7. The molecule has 0 radical (unpaired) electrons. The SMILES string of the molecule is CCN(CC)CC1(/C=C(/C#N)C(=O)N2CCC[C@H](n3nc(-c4ccc(Oc5cccc(F)c5F)cc4F)c4c(N)ncnc43)C2)CCCC1. The van der Waals surface area contributed by atoms with Gasteiger partial charge < -0.3 is 20.3 Å². The Bertz CT molecular complexity index is 1930. The number of carbonyl (C=O) groups excluding carboxylic acids is 1. The van der Waals surface area contributed by atoms with Crippen LogP contribution in [0.2, 0.25) is 0 Å². The molecular formula is C36H39F3N8O2. The molecule has 1 saturated heterocycles. The van der Waals surface area contributed by atoms with Crippen LogP contribution in [-0.2, 0) is 4.79 Å². The molecule has 1 aliphatic heterocycles. The van der Waals surface area contributed by atoms with Crippen LogP contribution in [0.25, 0.3) is 22.3 Å². The summed E-state index contributed by atoms with van der Waals surface area (Å²) in [6.45, 7) is 7.63. The zero-order valence-electron chi connectivity index (χ0n) is 27.6. The summed E-state index contributed by atoms with van der Waals surface area (Å²) in [5.74, 6) is -3.64. The van der Waals surface area contributed by atoms with Gasteiger partial charge in [0.1, 0.15) is 41.0 Å². The molecule has 256 valence electrons. The summed E-state index contributed by atoms with van der Waals surface area (Å²) in [5.41, 5.74) is 6.88. The number of rotatable bonds is 10. The van der Waals surface area contributed by atoms with E-state index in [2.05, 4.69) is 34.8 Å². The first-order valence-corrected chi connectivity index (χ1v) is 16.7. The number of nitrogens with zero attached hydrogens (tertiary/aromatic N) is 7. The number of nitrogen functional groups attached to an aromatic ring is 1. The second-order valence-corrected chi connectivity index (χ2v) is 12.8. The van der Waals surface area contributed by atoms with Gasteiger partial charge in [-0.2, -0.15) is 14.8 Å². The molecule has 3 heterocycles. The minimum atomic E-state index is -1.18. The number of amides is 1. The average Bonchev–Trinajstić information content (AvgIpc) is 3.74. The number of aromatic nitrogens is 4. The fourth-order valence-corrected chi connectivity index (χ4v) is 7.16. The van der Waals surface area contributed by atoms with Gasteiger partial charge in [0.05, 0.1) is 11.4 Å². The highest BCUT2D eigenvalue weighted by atomic mass is 19.2. The Balaban J connectivity index is 1.29. The molecule has 4 aromatic rings. The highest BCUT2D eigenvalue weighted by Gasteiger charge is 2.36. The van der Waals surface area contributed by atoms with Gasteiger partial charge in [0, 0.05) is 36.7 Å². The van der Waals surface area contributed by atoms with Crippen LogP contribution in [-0.4, -0.2) is 68.2 Å². The van der Waals surface area contributed by atoms with Crippen molar-refractivity contribution in [2.24, 2.45) is 5.41 Å². The van der Waals surface area contributed by atoms with Gasteiger partial charge in [-0.1, -0.05) is 38.8 Å². The topological polar surface area (TPSA) is 126 Å². The molecule has 2 aromatic heterocycles. The summed E-state index contributed by atoms with van der Waals surface area (Å²) >= 11 is 0. The number of halogens is 3. The number of nitrogens with two attached hydrogens (primary N) is 1. The maximum Gasteiger partial charge on any atom is 0.264 e. The zero-order valence-corrected chi connectivity index (χ0v) is 27.6. The third-order valence-electron chi connectivity index (χ3n) is 9.72. The number of hydrogen-bond donors (Lipinski definition) is 1. The lowest BCUT2D eigenvalue weighted by Crippen LogP contribution is -2.42. The van der Waals surface area contributed by atoms with E-state index in [0.717, 1.165) is 57.5 Å². The van der Waals surface area contributed by atoms with Crippen molar-refractivity contribution in [3.8, 4) is 28.8 Å². The van der Waals surface area contributed by atoms with Gasteiger partial charge in [0.15, 0.2) is 17.2 Å². The summed E-state index contributed by atoms with van der Waals surface area (Å²) in [7, 11) is 0. The molecule has 2 aliphatic rings. The van der Waals surface area contributed by atoms with Crippen LogP contribution >= 0.6 is 0 Å². The molecule has 2 N–H and O–H groups in total. The lowest BCUT2D eigenvalue weighted by Gasteiger charge is -2.34. The molecule has 0 unspecified atom stereocenters. The number of benzene rings is 2. The second-order valence-electron chi connectivity index (χ2n) is 12.8. The number of piperidine rings is 1. The molecule has 10 nitrogen and oxygen atoms in total. The number of carbonyl (C=O) groups is 1. The summed E-state index contributed by atoms with van der Waals surface area (Å²) in [6, 6.07) is 9.25. The number of likely N-dealkylation sites (tertiary alicyclic amines) is 1. The molecular weight excluding hydrogens is 633 g/mol. The summed E-state index contributed by atoms with van der Waals surface area (Å²) < 4.78 is 50.6. The monoisotopic (exact) mass is 672 g/mol. The van der Waals surface area contributed by atoms with Gasteiger partial charge in [-0.25, -0.2) is 23.4 Å². The van der Waals surface area contributed by atoms with Crippen LogP contribution in [0.5, 0.6) is 11.5 Å². The van der Waals surface area contributed by atoms with Crippen molar-refractivity contribution in [3.63, 3.8) is 0 Å². The summed E-state index contributed by atoms with van der Waals surface area (Å²) in [5, 5.41) is 15.3.